The number of carbonyl (C=O) groups excluding carboxylic acids is 3. The summed E-state index contributed by atoms with van der Waals surface area (Å²) < 4.78 is 10.8. The van der Waals surface area contributed by atoms with E-state index in [2.05, 4.69) is 26.2 Å². The number of thiophene rings is 1. The van der Waals surface area contributed by atoms with Crippen LogP contribution in [-0.2, 0) is 27.1 Å². The number of rotatable bonds is 6. The van der Waals surface area contributed by atoms with Crippen molar-refractivity contribution >= 4 is 50.1 Å². The van der Waals surface area contributed by atoms with Gasteiger partial charge in [0, 0.05) is 21.7 Å². The van der Waals surface area contributed by atoms with E-state index in [1.54, 1.807) is 13.0 Å². The number of esters is 2. The Morgan fingerprint density at radius 1 is 1.22 bits per heavy atom. The lowest BCUT2D eigenvalue weighted by atomic mass is 10.1. The van der Waals surface area contributed by atoms with Gasteiger partial charge in [0.15, 0.2) is 6.61 Å². The molecule has 3 rings (SSSR count). The normalized spacial score (nSPS) is 12.4. The van der Waals surface area contributed by atoms with Crippen molar-refractivity contribution in [3.05, 3.63) is 44.5 Å². The van der Waals surface area contributed by atoms with Crippen molar-refractivity contribution in [2.24, 2.45) is 0 Å². The van der Waals surface area contributed by atoms with E-state index >= 15 is 0 Å². The zero-order valence-electron chi connectivity index (χ0n) is 14.5. The first-order valence-electron chi connectivity index (χ1n) is 8.38. The Bertz CT molecular complexity index is 896. The first-order valence-corrected chi connectivity index (χ1v) is 9.99. The van der Waals surface area contributed by atoms with E-state index in [4.69, 9.17) is 9.47 Å². The minimum atomic E-state index is -0.654. The lowest BCUT2D eigenvalue weighted by molar-refractivity contribution is -0.119. The maximum Gasteiger partial charge on any atom is 0.341 e. The van der Waals surface area contributed by atoms with Crippen LogP contribution in [0.15, 0.2) is 22.9 Å². The van der Waals surface area contributed by atoms with Gasteiger partial charge in [0.25, 0.3) is 5.91 Å². The zero-order valence-corrected chi connectivity index (χ0v) is 16.9. The molecule has 0 fully saturated rings. The minimum Gasteiger partial charge on any atom is -0.462 e. The van der Waals surface area contributed by atoms with Gasteiger partial charge in [-0.15, -0.1) is 11.3 Å². The number of aryl methyl sites for hydroxylation is 1. The number of nitrogens with zero attached hydrogens (tertiary/aromatic N) is 1. The fourth-order valence-electron chi connectivity index (χ4n) is 2.81. The van der Waals surface area contributed by atoms with Crippen molar-refractivity contribution in [1.82, 2.24) is 4.98 Å². The Kier molecular flexibility index (Phi) is 6.22. The molecular formula is C18H17BrN2O5S. The number of nitrogens with one attached hydrogen (secondary N) is 1. The molecule has 1 aliphatic rings. The van der Waals surface area contributed by atoms with Crippen LogP contribution in [0, 0.1) is 0 Å². The molecule has 2 aromatic rings. The van der Waals surface area contributed by atoms with Crippen LogP contribution in [0.2, 0.25) is 0 Å². The number of hydrogen-bond donors (Lipinski definition) is 1. The van der Waals surface area contributed by atoms with Crippen LogP contribution in [-0.4, -0.2) is 36.0 Å². The summed E-state index contributed by atoms with van der Waals surface area (Å²) in [6.45, 7) is 1.53. The summed E-state index contributed by atoms with van der Waals surface area (Å²) in [5.74, 6) is -1.61. The predicted molar refractivity (Wildman–Crippen MR) is 103 cm³/mol. The first kappa shape index (κ1) is 19.5. The van der Waals surface area contributed by atoms with E-state index in [1.807, 2.05) is 0 Å². The van der Waals surface area contributed by atoms with Gasteiger partial charge in [0.1, 0.15) is 5.00 Å². The molecule has 142 valence electrons. The van der Waals surface area contributed by atoms with E-state index in [-0.39, 0.29) is 12.2 Å². The fourth-order valence-corrected chi connectivity index (χ4v) is 4.47. The maximum absolute atomic E-state index is 12.3. The van der Waals surface area contributed by atoms with Gasteiger partial charge in [-0.25, -0.2) is 9.59 Å². The van der Waals surface area contributed by atoms with Gasteiger partial charge in [0.2, 0.25) is 0 Å². The number of aromatic nitrogens is 1. The van der Waals surface area contributed by atoms with Gasteiger partial charge in [0.05, 0.1) is 17.7 Å². The lowest BCUT2D eigenvalue weighted by Gasteiger charge is -2.08. The number of amides is 1. The topological polar surface area (TPSA) is 94.6 Å². The summed E-state index contributed by atoms with van der Waals surface area (Å²) in [6, 6.07) is 1.55. The highest BCUT2D eigenvalue weighted by Gasteiger charge is 2.28. The highest BCUT2D eigenvalue weighted by molar-refractivity contribution is 9.10. The Morgan fingerprint density at radius 2 is 2.04 bits per heavy atom. The van der Waals surface area contributed by atoms with Crippen LogP contribution < -0.4 is 5.32 Å². The summed E-state index contributed by atoms with van der Waals surface area (Å²) in [7, 11) is 0. The molecule has 2 aromatic heterocycles. The highest BCUT2D eigenvalue weighted by Crippen LogP contribution is 2.39. The predicted octanol–water partition coefficient (Wildman–Crippen LogP) is 3.37. The molecule has 7 nitrogen and oxygen atoms in total. The lowest BCUT2D eigenvalue weighted by Crippen LogP contribution is -2.22. The van der Waals surface area contributed by atoms with Crippen LogP contribution in [0.25, 0.3) is 0 Å². The summed E-state index contributed by atoms with van der Waals surface area (Å²) >= 11 is 4.59. The average Bonchev–Trinajstić information content (AvgIpc) is 3.20. The molecule has 0 saturated carbocycles. The average molecular weight is 453 g/mol. The van der Waals surface area contributed by atoms with Crippen LogP contribution in [0.5, 0.6) is 0 Å². The van der Waals surface area contributed by atoms with E-state index in [1.165, 1.54) is 23.7 Å². The van der Waals surface area contributed by atoms with Gasteiger partial charge in [-0.05, 0) is 53.7 Å². The van der Waals surface area contributed by atoms with E-state index in [0.29, 0.717) is 15.0 Å². The van der Waals surface area contributed by atoms with Gasteiger partial charge in [-0.3, -0.25) is 9.78 Å². The Hall–Kier alpha value is -2.26. The van der Waals surface area contributed by atoms with Crippen LogP contribution in [0.3, 0.4) is 0 Å². The largest absolute Gasteiger partial charge is 0.462 e. The van der Waals surface area contributed by atoms with Gasteiger partial charge in [-0.2, -0.15) is 0 Å². The Morgan fingerprint density at radius 3 is 2.78 bits per heavy atom. The first-order chi connectivity index (χ1) is 13.0. The van der Waals surface area contributed by atoms with Crippen LogP contribution in [0.1, 0.15) is 44.5 Å². The highest BCUT2D eigenvalue weighted by atomic mass is 79.9. The molecule has 1 N–H and O–H groups in total. The Balaban J connectivity index is 1.66. The third kappa shape index (κ3) is 4.54. The third-order valence-corrected chi connectivity index (χ3v) is 5.57. The smallest absolute Gasteiger partial charge is 0.341 e. The van der Waals surface area contributed by atoms with Crippen molar-refractivity contribution in [3.63, 3.8) is 0 Å². The van der Waals surface area contributed by atoms with Crippen molar-refractivity contribution < 1.29 is 23.9 Å². The summed E-state index contributed by atoms with van der Waals surface area (Å²) in [4.78, 5) is 41.5. The molecule has 1 amide bonds. The van der Waals surface area contributed by atoms with E-state index < -0.39 is 24.5 Å². The van der Waals surface area contributed by atoms with Crippen molar-refractivity contribution in [2.75, 3.05) is 18.5 Å². The molecule has 0 spiro atoms. The summed E-state index contributed by atoms with van der Waals surface area (Å²) in [5.41, 5.74) is 1.61. The summed E-state index contributed by atoms with van der Waals surface area (Å²) in [6.07, 6.45) is 5.55. The van der Waals surface area contributed by atoms with E-state index in [0.717, 1.165) is 29.7 Å². The fraction of sp³-hybridized carbons (Fsp3) is 0.333. The molecule has 9 heteroatoms. The molecule has 0 unspecified atom stereocenters. The Labute approximate surface area is 168 Å². The molecule has 0 radical (unpaired) electrons. The zero-order chi connectivity index (χ0) is 19.4. The standard InChI is InChI=1S/C18H17BrN2O5S/c1-2-25-18(24)15-12-4-3-5-13(12)27-16(15)21-14(22)9-26-17(23)10-6-11(19)8-20-7-10/h6-8H,2-5,9H2,1H3,(H,21,22). The summed E-state index contributed by atoms with van der Waals surface area (Å²) in [5, 5.41) is 3.12. The molecule has 1 aliphatic carbocycles. The molecule has 27 heavy (non-hydrogen) atoms. The molecule has 0 atom stereocenters. The maximum atomic E-state index is 12.3. The molecule has 0 aromatic carbocycles. The molecule has 0 saturated heterocycles. The van der Waals surface area contributed by atoms with E-state index in [9.17, 15) is 14.4 Å². The number of carbonyl (C=O) groups is 3. The number of ether oxygens (including phenoxy) is 2. The molecule has 2 heterocycles. The van der Waals surface area contributed by atoms with Gasteiger partial charge < -0.3 is 14.8 Å². The van der Waals surface area contributed by atoms with Crippen molar-refractivity contribution in [3.8, 4) is 0 Å². The number of halogens is 1. The van der Waals surface area contributed by atoms with Crippen molar-refractivity contribution in [1.29, 1.82) is 0 Å². The second kappa shape index (κ2) is 8.62. The number of pyridine rings is 1. The van der Waals surface area contributed by atoms with Crippen LogP contribution >= 0.6 is 27.3 Å². The minimum absolute atomic E-state index is 0.236. The molecule has 0 bridgehead atoms. The molecular weight excluding hydrogens is 436 g/mol. The van der Waals surface area contributed by atoms with Gasteiger partial charge in [-0.1, -0.05) is 0 Å². The van der Waals surface area contributed by atoms with Crippen LogP contribution in [0.4, 0.5) is 5.00 Å². The third-order valence-electron chi connectivity index (χ3n) is 3.93. The van der Waals surface area contributed by atoms with Crippen molar-refractivity contribution in [2.45, 2.75) is 26.2 Å². The second-order valence-electron chi connectivity index (χ2n) is 5.80. The number of hydrogen-bond acceptors (Lipinski definition) is 7. The second-order valence-corrected chi connectivity index (χ2v) is 7.82. The molecule has 0 aliphatic heterocycles. The quantitative estimate of drug-likeness (QED) is 0.675. The number of fused-ring (bicyclic) bond motifs is 1. The monoisotopic (exact) mass is 452 g/mol. The van der Waals surface area contributed by atoms with Gasteiger partial charge >= 0.3 is 11.9 Å². The SMILES string of the molecule is CCOC(=O)c1c(NC(=O)COC(=O)c2cncc(Br)c2)sc2c1CCC2. The number of anilines is 1.